The van der Waals surface area contributed by atoms with Gasteiger partial charge in [-0.3, -0.25) is 4.18 Å². The van der Waals surface area contributed by atoms with Gasteiger partial charge in [-0.25, -0.2) is 0 Å². The van der Waals surface area contributed by atoms with Gasteiger partial charge in [-0.1, -0.05) is 0 Å². The predicted molar refractivity (Wildman–Crippen MR) is 44.9 cm³/mol. The van der Waals surface area contributed by atoms with Crippen molar-refractivity contribution in [1.82, 2.24) is 0 Å². The van der Waals surface area contributed by atoms with E-state index in [0.29, 0.717) is 6.26 Å². The van der Waals surface area contributed by atoms with E-state index in [1.807, 2.05) is 0 Å². The van der Waals surface area contributed by atoms with Gasteiger partial charge in [-0.15, -0.1) is 0 Å². The minimum absolute atomic E-state index is 0.0323. The van der Waals surface area contributed by atoms with Crippen LogP contribution in [0.1, 0.15) is 0 Å². The van der Waals surface area contributed by atoms with E-state index in [0.717, 1.165) is 0 Å². The molecule has 0 heterocycles. The molecule has 0 aliphatic rings. The topological polar surface area (TPSA) is 121 Å². The van der Waals surface area contributed by atoms with Crippen LogP contribution in [0.3, 0.4) is 0 Å². The average molecular weight is 228 g/mol. The number of aliphatic hydroxyl groups is 3. The second kappa shape index (κ2) is 5.37. The molecular weight excluding hydrogens is 216 g/mol. The number of rotatable bonds is 6. The molecule has 3 N–H and O–H groups in total. The van der Waals surface area contributed by atoms with Gasteiger partial charge in [0.05, 0.1) is 12.9 Å². The largest absolute Gasteiger partial charge is 0.394 e. The Hall–Kier alpha value is -0.540. The van der Waals surface area contributed by atoms with Crippen molar-refractivity contribution in [2.75, 3.05) is 12.9 Å². The Morgan fingerprint density at radius 2 is 1.93 bits per heavy atom. The van der Waals surface area contributed by atoms with Crippen LogP contribution in [0.4, 0.5) is 0 Å². The smallest absolute Gasteiger partial charge is 0.265 e. The SMILES string of the molecule is CS(=O)(=O)O[C@H](C=O)[C@H](O)[C@@H](O)CO. The van der Waals surface area contributed by atoms with Crippen LogP contribution < -0.4 is 0 Å². The lowest BCUT2D eigenvalue weighted by Gasteiger charge is -2.20. The molecule has 0 spiro atoms. The van der Waals surface area contributed by atoms with Gasteiger partial charge in [0.1, 0.15) is 12.2 Å². The molecule has 0 unspecified atom stereocenters. The van der Waals surface area contributed by atoms with E-state index in [1.54, 1.807) is 0 Å². The lowest BCUT2D eigenvalue weighted by molar-refractivity contribution is -0.124. The first-order chi connectivity index (χ1) is 6.31. The van der Waals surface area contributed by atoms with Crippen LogP contribution in [0.5, 0.6) is 0 Å². The third kappa shape index (κ3) is 4.63. The Morgan fingerprint density at radius 1 is 1.43 bits per heavy atom. The Balaban J connectivity index is 4.49. The number of hydrogen-bond acceptors (Lipinski definition) is 7. The molecule has 0 aliphatic heterocycles. The molecule has 14 heavy (non-hydrogen) atoms. The second-order valence-electron chi connectivity index (χ2n) is 2.64. The molecule has 0 bridgehead atoms. The molecule has 0 aromatic heterocycles. The highest BCUT2D eigenvalue weighted by atomic mass is 32.2. The van der Waals surface area contributed by atoms with Crippen LogP contribution in [0.25, 0.3) is 0 Å². The summed E-state index contributed by atoms with van der Waals surface area (Å²) >= 11 is 0. The zero-order valence-corrected chi connectivity index (χ0v) is 8.22. The maximum Gasteiger partial charge on any atom is 0.265 e. The van der Waals surface area contributed by atoms with Gasteiger partial charge in [-0.2, -0.15) is 8.42 Å². The molecule has 0 amide bonds. The third-order valence-electron chi connectivity index (χ3n) is 1.34. The lowest BCUT2D eigenvalue weighted by Crippen LogP contribution is -2.42. The summed E-state index contributed by atoms with van der Waals surface area (Å²) in [6, 6.07) is 0. The minimum atomic E-state index is -3.91. The van der Waals surface area contributed by atoms with Crippen molar-refractivity contribution in [1.29, 1.82) is 0 Å². The maximum atomic E-state index is 10.6. The average Bonchev–Trinajstić information content (AvgIpc) is 2.10. The van der Waals surface area contributed by atoms with Gasteiger partial charge in [-0.05, 0) is 0 Å². The van der Waals surface area contributed by atoms with Crippen molar-refractivity contribution in [2.45, 2.75) is 18.3 Å². The fraction of sp³-hybridized carbons (Fsp3) is 0.833. The van der Waals surface area contributed by atoms with Crippen molar-refractivity contribution in [2.24, 2.45) is 0 Å². The number of carbonyl (C=O) groups excluding carboxylic acids is 1. The van der Waals surface area contributed by atoms with E-state index >= 15 is 0 Å². The molecule has 0 saturated carbocycles. The molecule has 0 aliphatic carbocycles. The van der Waals surface area contributed by atoms with Gasteiger partial charge in [0.15, 0.2) is 12.4 Å². The minimum Gasteiger partial charge on any atom is -0.394 e. The van der Waals surface area contributed by atoms with Gasteiger partial charge >= 0.3 is 0 Å². The van der Waals surface area contributed by atoms with Crippen LogP contribution in [-0.2, 0) is 19.1 Å². The van der Waals surface area contributed by atoms with E-state index in [1.165, 1.54) is 0 Å². The van der Waals surface area contributed by atoms with Crippen molar-refractivity contribution in [3.63, 3.8) is 0 Å². The van der Waals surface area contributed by atoms with Crippen LogP contribution in [0, 0.1) is 0 Å². The molecule has 3 atom stereocenters. The van der Waals surface area contributed by atoms with Gasteiger partial charge in [0.2, 0.25) is 0 Å². The van der Waals surface area contributed by atoms with Crippen LogP contribution in [-0.4, -0.2) is 61.2 Å². The standard InChI is InChI=1S/C6H12O7S/c1-14(11,12)13-5(3-8)6(10)4(9)2-7/h3-7,9-10H,2H2,1H3/t4-,5+,6+/m0/s1. The highest BCUT2D eigenvalue weighted by Gasteiger charge is 2.29. The monoisotopic (exact) mass is 228 g/mol. The van der Waals surface area contributed by atoms with E-state index < -0.39 is 35.0 Å². The zero-order chi connectivity index (χ0) is 11.4. The van der Waals surface area contributed by atoms with E-state index in [9.17, 15) is 13.2 Å². The molecule has 0 aromatic carbocycles. The fourth-order valence-corrected chi connectivity index (χ4v) is 1.25. The summed E-state index contributed by atoms with van der Waals surface area (Å²) < 4.78 is 25.3. The summed E-state index contributed by atoms with van der Waals surface area (Å²) in [7, 11) is -3.91. The number of aliphatic hydroxyl groups excluding tert-OH is 3. The van der Waals surface area contributed by atoms with Crippen molar-refractivity contribution in [3.05, 3.63) is 0 Å². The molecule has 84 valence electrons. The summed E-state index contributed by atoms with van der Waals surface area (Å²) in [6.07, 6.45) is -4.40. The van der Waals surface area contributed by atoms with Crippen LogP contribution in [0.15, 0.2) is 0 Å². The van der Waals surface area contributed by atoms with Gasteiger partial charge in [0.25, 0.3) is 10.1 Å². The zero-order valence-electron chi connectivity index (χ0n) is 7.40. The first-order valence-corrected chi connectivity index (χ1v) is 5.44. The Bertz CT molecular complexity index is 272. The third-order valence-corrected chi connectivity index (χ3v) is 1.91. The Kier molecular flexibility index (Phi) is 5.16. The summed E-state index contributed by atoms with van der Waals surface area (Å²) in [5, 5.41) is 26.4. The molecular formula is C6H12O7S. The molecule has 0 saturated heterocycles. The quantitative estimate of drug-likeness (QED) is 0.332. The predicted octanol–water partition coefficient (Wildman–Crippen LogP) is -2.76. The summed E-state index contributed by atoms with van der Waals surface area (Å²) in [6.45, 7) is -0.807. The van der Waals surface area contributed by atoms with E-state index in [4.69, 9.17) is 15.3 Å². The van der Waals surface area contributed by atoms with Crippen molar-refractivity contribution >= 4 is 16.4 Å². The maximum absolute atomic E-state index is 10.6. The van der Waals surface area contributed by atoms with Crippen LogP contribution in [0.2, 0.25) is 0 Å². The van der Waals surface area contributed by atoms with Crippen molar-refractivity contribution in [3.8, 4) is 0 Å². The van der Waals surface area contributed by atoms with Crippen LogP contribution >= 0.6 is 0 Å². The summed E-state index contributed by atoms with van der Waals surface area (Å²) in [5.74, 6) is 0. The highest BCUT2D eigenvalue weighted by Crippen LogP contribution is 2.05. The molecule has 8 heteroatoms. The summed E-state index contributed by atoms with van der Waals surface area (Å²) in [4.78, 5) is 10.3. The first-order valence-electron chi connectivity index (χ1n) is 3.62. The van der Waals surface area contributed by atoms with Crippen molar-refractivity contribution < 1.29 is 32.7 Å². The molecule has 0 fully saturated rings. The summed E-state index contributed by atoms with van der Waals surface area (Å²) in [5.41, 5.74) is 0. The Morgan fingerprint density at radius 3 is 2.21 bits per heavy atom. The molecule has 0 aromatic rings. The fourth-order valence-electron chi connectivity index (χ4n) is 0.689. The number of hydrogen-bond donors (Lipinski definition) is 3. The number of aldehydes is 1. The molecule has 7 nitrogen and oxygen atoms in total. The van der Waals surface area contributed by atoms with E-state index in [-0.39, 0.29) is 6.29 Å². The molecule has 0 radical (unpaired) electrons. The lowest BCUT2D eigenvalue weighted by atomic mass is 10.1. The Labute approximate surface area is 81.1 Å². The van der Waals surface area contributed by atoms with E-state index in [2.05, 4.69) is 4.18 Å². The normalized spacial score (nSPS) is 18.6. The van der Waals surface area contributed by atoms with Gasteiger partial charge < -0.3 is 20.1 Å². The first kappa shape index (κ1) is 13.5. The number of carbonyl (C=O) groups is 1. The molecule has 0 rings (SSSR count). The highest BCUT2D eigenvalue weighted by molar-refractivity contribution is 7.86. The second-order valence-corrected chi connectivity index (χ2v) is 4.24. The van der Waals surface area contributed by atoms with Gasteiger partial charge in [0, 0.05) is 0 Å².